The lowest BCUT2D eigenvalue weighted by Gasteiger charge is -2.13. The van der Waals surface area contributed by atoms with E-state index >= 15 is 0 Å². The average molecular weight is 305 g/mol. The van der Waals surface area contributed by atoms with Gasteiger partial charge in [0.05, 0.1) is 17.3 Å². The number of pyridine rings is 1. The van der Waals surface area contributed by atoms with Crippen molar-refractivity contribution in [1.29, 1.82) is 0 Å². The highest BCUT2D eigenvalue weighted by molar-refractivity contribution is 6.34. The molecule has 0 spiro atoms. The molecule has 1 aliphatic heterocycles. The van der Waals surface area contributed by atoms with Gasteiger partial charge in [0, 0.05) is 6.20 Å². The lowest BCUT2D eigenvalue weighted by molar-refractivity contribution is 0.0925. The van der Waals surface area contributed by atoms with Crippen LogP contribution in [0.15, 0.2) is 53.6 Å². The molecule has 6 heteroatoms. The first-order valence-electron chi connectivity index (χ1n) is 7.04. The number of carbonyl (C=O) groups excluding carboxylic acids is 2. The number of fused-ring (bicyclic) bond motifs is 2. The van der Waals surface area contributed by atoms with Crippen LogP contribution in [0.4, 0.5) is 5.69 Å². The largest absolute Gasteiger partial charge is 0.282 e. The normalized spacial score (nSPS) is 13.7. The second kappa shape index (κ2) is 4.61. The van der Waals surface area contributed by atoms with E-state index < -0.39 is 17.4 Å². The van der Waals surface area contributed by atoms with Crippen LogP contribution in [0.5, 0.6) is 0 Å². The molecule has 23 heavy (non-hydrogen) atoms. The molecule has 0 fully saturated rings. The lowest BCUT2D eigenvalue weighted by atomic mass is 10.1. The fourth-order valence-electron chi connectivity index (χ4n) is 2.73. The SMILES string of the molecule is Cc1ccn2c(=O)c(N3C(=O)c4ccccc4C3=O)cnc2c1. The van der Waals surface area contributed by atoms with Crippen molar-refractivity contribution in [2.24, 2.45) is 0 Å². The van der Waals surface area contributed by atoms with Gasteiger partial charge < -0.3 is 0 Å². The molecule has 4 rings (SSSR count). The Morgan fingerprint density at radius 3 is 2.26 bits per heavy atom. The third-order valence-corrected chi connectivity index (χ3v) is 3.88. The maximum Gasteiger partial charge on any atom is 0.282 e. The summed E-state index contributed by atoms with van der Waals surface area (Å²) in [4.78, 5) is 42.7. The molecule has 0 saturated carbocycles. The minimum atomic E-state index is -0.503. The van der Waals surface area contributed by atoms with E-state index in [0.29, 0.717) is 16.8 Å². The number of nitrogens with zero attached hydrogens (tertiary/aromatic N) is 3. The van der Waals surface area contributed by atoms with Crippen molar-refractivity contribution in [2.45, 2.75) is 6.92 Å². The quantitative estimate of drug-likeness (QED) is 0.643. The van der Waals surface area contributed by atoms with E-state index in [-0.39, 0.29) is 5.69 Å². The van der Waals surface area contributed by atoms with Gasteiger partial charge in [0.2, 0.25) is 0 Å². The molecule has 3 heterocycles. The van der Waals surface area contributed by atoms with Gasteiger partial charge in [0.25, 0.3) is 17.4 Å². The molecular weight excluding hydrogens is 294 g/mol. The summed E-state index contributed by atoms with van der Waals surface area (Å²) in [6.45, 7) is 1.89. The number of carbonyl (C=O) groups is 2. The summed E-state index contributed by atoms with van der Waals surface area (Å²) in [6.07, 6.45) is 2.86. The molecule has 0 saturated heterocycles. The first-order chi connectivity index (χ1) is 11.1. The fourth-order valence-corrected chi connectivity index (χ4v) is 2.73. The summed E-state index contributed by atoms with van der Waals surface area (Å²) in [5.41, 5.74) is 1.53. The predicted octanol–water partition coefficient (Wildman–Crippen LogP) is 1.80. The topological polar surface area (TPSA) is 71.8 Å². The second-order valence-corrected chi connectivity index (χ2v) is 5.37. The third kappa shape index (κ3) is 1.81. The Kier molecular flexibility index (Phi) is 2.68. The number of hydrogen-bond acceptors (Lipinski definition) is 4. The highest BCUT2D eigenvalue weighted by atomic mass is 16.2. The number of aryl methyl sites for hydroxylation is 1. The number of amides is 2. The van der Waals surface area contributed by atoms with Crippen LogP contribution >= 0.6 is 0 Å². The number of hydrogen-bond donors (Lipinski definition) is 0. The number of benzene rings is 1. The van der Waals surface area contributed by atoms with E-state index in [2.05, 4.69) is 4.98 Å². The Morgan fingerprint density at radius 2 is 1.61 bits per heavy atom. The Hall–Kier alpha value is -3.28. The number of rotatable bonds is 1. The van der Waals surface area contributed by atoms with Gasteiger partial charge in [-0.15, -0.1) is 0 Å². The summed E-state index contributed by atoms with van der Waals surface area (Å²) in [6, 6.07) is 10.0. The van der Waals surface area contributed by atoms with Gasteiger partial charge in [-0.25, -0.2) is 9.88 Å². The highest BCUT2D eigenvalue weighted by Crippen LogP contribution is 2.25. The monoisotopic (exact) mass is 305 g/mol. The van der Waals surface area contributed by atoms with E-state index in [1.165, 1.54) is 10.6 Å². The van der Waals surface area contributed by atoms with Crippen molar-refractivity contribution in [2.75, 3.05) is 4.90 Å². The zero-order chi connectivity index (χ0) is 16.1. The maximum absolute atomic E-state index is 12.6. The van der Waals surface area contributed by atoms with E-state index in [0.717, 1.165) is 10.5 Å². The van der Waals surface area contributed by atoms with Gasteiger partial charge in [0.15, 0.2) is 0 Å². The summed E-state index contributed by atoms with van der Waals surface area (Å²) >= 11 is 0. The Labute approximate surface area is 130 Å². The Bertz CT molecular complexity index is 1020. The van der Waals surface area contributed by atoms with E-state index in [1.54, 1.807) is 42.6 Å². The molecule has 0 bridgehead atoms. The van der Waals surface area contributed by atoms with Crippen molar-refractivity contribution in [3.05, 3.63) is 75.8 Å². The number of aromatic nitrogens is 2. The van der Waals surface area contributed by atoms with Crippen LogP contribution in [0.1, 0.15) is 26.3 Å². The van der Waals surface area contributed by atoms with Crippen molar-refractivity contribution in [1.82, 2.24) is 9.38 Å². The summed E-state index contributed by atoms with van der Waals surface area (Å²) in [5, 5.41) is 0. The zero-order valence-corrected chi connectivity index (χ0v) is 12.2. The minimum absolute atomic E-state index is 0.0439. The standard InChI is InChI=1S/C17H11N3O3/c1-10-6-7-19-14(8-10)18-9-13(17(19)23)20-15(21)11-4-2-3-5-12(11)16(20)22/h2-9H,1H3. The zero-order valence-electron chi connectivity index (χ0n) is 12.2. The highest BCUT2D eigenvalue weighted by Gasteiger charge is 2.38. The van der Waals surface area contributed by atoms with E-state index in [9.17, 15) is 14.4 Å². The Balaban J connectivity index is 1.93. The number of anilines is 1. The molecule has 0 radical (unpaired) electrons. The summed E-state index contributed by atoms with van der Waals surface area (Å²) in [5.74, 6) is -1.01. The molecule has 0 N–H and O–H groups in total. The molecular formula is C17H11N3O3. The fraction of sp³-hybridized carbons (Fsp3) is 0.0588. The van der Waals surface area contributed by atoms with Crippen molar-refractivity contribution in [3.63, 3.8) is 0 Å². The molecule has 0 aliphatic carbocycles. The van der Waals surface area contributed by atoms with Gasteiger partial charge in [-0.05, 0) is 36.8 Å². The molecule has 112 valence electrons. The minimum Gasteiger partial charge on any atom is -0.268 e. The predicted molar refractivity (Wildman–Crippen MR) is 83.8 cm³/mol. The van der Waals surface area contributed by atoms with Gasteiger partial charge in [-0.2, -0.15) is 0 Å². The first kappa shape index (κ1) is 13.4. The van der Waals surface area contributed by atoms with Crippen molar-refractivity contribution < 1.29 is 9.59 Å². The van der Waals surface area contributed by atoms with E-state index in [4.69, 9.17) is 0 Å². The molecule has 1 aromatic carbocycles. The third-order valence-electron chi connectivity index (χ3n) is 3.88. The first-order valence-corrected chi connectivity index (χ1v) is 7.04. The van der Waals surface area contributed by atoms with Crippen LogP contribution in [0.2, 0.25) is 0 Å². The van der Waals surface area contributed by atoms with Gasteiger partial charge in [-0.1, -0.05) is 12.1 Å². The average Bonchev–Trinajstić information content (AvgIpc) is 2.80. The van der Waals surface area contributed by atoms with Crippen LogP contribution in [-0.4, -0.2) is 21.2 Å². The maximum atomic E-state index is 12.6. The lowest BCUT2D eigenvalue weighted by Crippen LogP contribution is -2.35. The van der Waals surface area contributed by atoms with Crippen LogP contribution in [-0.2, 0) is 0 Å². The van der Waals surface area contributed by atoms with Crippen molar-refractivity contribution in [3.8, 4) is 0 Å². The van der Waals surface area contributed by atoms with Gasteiger partial charge >= 0.3 is 0 Å². The van der Waals surface area contributed by atoms with Crippen molar-refractivity contribution >= 4 is 23.1 Å². The van der Waals surface area contributed by atoms with E-state index in [1.807, 2.05) is 6.92 Å². The molecule has 3 aromatic rings. The Morgan fingerprint density at radius 1 is 0.957 bits per heavy atom. The van der Waals surface area contributed by atoms with Crippen LogP contribution < -0.4 is 10.5 Å². The van der Waals surface area contributed by atoms with Gasteiger partial charge in [-0.3, -0.25) is 18.8 Å². The summed E-state index contributed by atoms with van der Waals surface area (Å²) < 4.78 is 1.33. The molecule has 2 aromatic heterocycles. The van der Waals surface area contributed by atoms with Crippen LogP contribution in [0, 0.1) is 6.92 Å². The number of imide groups is 1. The van der Waals surface area contributed by atoms with Crippen LogP contribution in [0.25, 0.3) is 5.65 Å². The van der Waals surface area contributed by atoms with Crippen LogP contribution in [0.3, 0.4) is 0 Å². The summed E-state index contributed by atoms with van der Waals surface area (Å²) in [7, 11) is 0. The van der Waals surface area contributed by atoms with Gasteiger partial charge in [0.1, 0.15) is 11.3 Å². The molecule has 2 amide bonds. The second-order valence-electron chi connectivity index (χ2n) is 5.37. The molecule has 1 aliphatic rings. The smallest absolute Gasteiger partial charge is 0.268 e. The molecule has 0 unspecified atom stereocenters. The molecule has 0 atom stereocenters. The molecule has 6 nitrogen and oxygen atoms in total.